The van der Waals surface area contributed by atoms with Crippen LogP contribution in [0.15, 0.2) is 24.5 Å². The van der Waals surface area contributed by atoms with E-state index in [-0.39, 0.29) is 0 Å². The van der Waals surface area contributed by atoms with Crippen molar-refractivity contribution < 1.29 is 9.53 Å². The highest BCUT2D eigenvalue weighted by molar-refractivity contribution is 5.91. The lowest BCUT2D eigenvalue weighted by Crippen LogP contribution is -2.09. The zero-order valence-corrected chi connectivity index (χ0v) is 10.8. The molecule has 2 rings (SSSR count). The lowest BCUT2D eigenvalue weighted by atomic mass is 10.1. The van der Waals surface area contributed by atoms with Crippen LogP contribution in [0.4, 0.5) is 11.4 Å². The van der Waals surface area contributed by atoms with Crippen molar-refractivity contribution >= 4 is 17.3 Å². The van der Waals surface area contributed by atoms with Gasteiger partial charge in [0.05, 0.1) is 30.6 Å². The number of aromatic nitrogens is 3. The van der Waals surface area contributed by atoms with Gasteiger partial charge >= 0.3 is 5.97 Å². The summed E-state index contributed by atoms with van der Waals surface area (Å²) < 4.78 is 6.47. The van der Waals surface area contributed by atoms with Crippen molar-refractivity contribution in [2.24, 2.45) is 7.05 Å². The number of carbonyl (C=O) groups is 1. The maximum Gasteiger partial charge on any atom is 0.337 e. The van der Waals surface area contributed by atoms with E-state index in [0.717, 1.165) is 5.82 Å². The highest BCUT2D eigenvalue weighted by atomic mass is 16.5. The van der Waals surface area contributed by atoms with Crippen molar-refractivity contribution in [3.05, 3.63) is 35.9 Å². The Bertz CT molecular complexity index is 594. The van der Waals surface area contributed by atoms with Gasteiger partial charge in [0.15, 0.2) is 5.82 Å². The molecular weight excluding hydrogens is 246 g/mol. The van der Waals surface area contributed by atoms with E-state index in [9.17, 15) is 4.79 Å². The summed E-state index contributed by atoms with van der Waals surface area (Å²) in [7, 11) is 3.19. The molecule has 0 amide bonds. The van der Waals surface area contributed by atoms with Gasteiger partial charge in [-0.25, -0.2) is 4.79 Å². The summed E-state index contributed by atoms with van der Waals surface area (Å²) in [4.78, 5) is 11.4. The number of nitrogen functional groups attached to an aromatic ring is 1. The Morgan fingerprint density at radius 1 is 1.53 bits per heavy atom. The third-order valence-electron chi connectivity index (χ3n) is 2.72. The van der Waals surface area contributed by atoms with Crippen LogP contribution >= 0.6 is 0 Å². The Morgan fingerprint density at radius 2 is 2.32 bits per heavy atom. The monoisotopic (exact) mass is 261 g/mol. The maximum atomic E-state index is 11.4. The smallest absolute Gasteiger partial charge is 0.337 e. The zero-order valence-electron chi connectivity index (χ0n) is 10.8. The summed E-state index contributed by atoms with van der Waals surface area (Å²) in [6, 6.07) is 4.93. The second-order valence-electron chi connectivity index (χ2n) is 4.01. The van der Waals surface area contributed by atoms with Crippen LogP contribution in [-0.2, 0) is 18.3 Å². The summed E-state index contributed by atoms with van der Waals surface area (Å²) in [6.45, 7) is 0.464. The molecule has 0 saturated heterocycles. The Hall–Kier alpha value is -2.57. The molecule has 0 aliphatic carbocycles. The molecule has 0 aliphatic rings. The third kappa shape index (κ3) is 2.82. The molecule has 100 valence electrons. The van der Waals surface area contributed by atoms with Gasteiger partial charge in [0.2, 0.25) is 0 Å². The van der Waals surface area contributed by atoms with Crippen molar-refractivity contribution in [2.75, 3.05) is 18.2 Å². The fraction of sp³-hybridized carbons (Fsp3) is 0.250. The van der Waals surface area contributed by atoms with Gasteiger partial charge in [-0.3, -0.25) is 0 Å². The molecule has 1 heterocycles. The minimum absolute atomic E-state index is 0.401. The van der Waals surface area contributed by atoms with Crippen LogP contribution in [0.1, 0.15) is 16.2 Å². The number of nitrogens with two attached hydrogens (primary N) is 1. The van der Waals surface area contributed by atoms with Crippen LogP contribution < -0.4 is 11.1 Å². The number of hydrogen-bond donors (Lipinski definition) is 2. The van der Waals surface area contributed by atoms with E-state index in [4.69, 9.17) is 5.73 Å². The topological polar surface area (TPSA) is 95.1 Å². The van der Waals surface area contributed by atoms with E-state index in [2.05, 4.69) is 20.3 Å². The van der Waals surface area contributed by atoms with Gasteiger partial charge in [0.1, 0.15) is 6.33 Å². The number of benzene rings is 1. The van der Waals surface area contributed by atoms with Gasteiger partial charge in [0.25, 0.3) is 0 Å². The largest absolute Gasteiger partial charge is 0.465 e. The van der Waals surface area contributed by atoms with Gasteiger partial charge < -0.3 is 20.4 Å². The van der Waals surface area contributed by atoms with E-state index in [1.54, 1.807) is 29.1 Å². The minimum Gasteiger partial charge on any atom is -0.465 e. The molecule has 0 atom stereocenters. The first kappa shape index (κ1) is 12.9. The van der Waals surface area contributed by atoms with Gasteiger partial charge in [-0.15, -0.1) is 10.2 Å². The van der Waals surface area contributed by atoms with E-state index in [1.165, 1.54) is 7.11 Å². The van der Waals surface area contributed by atoms with Crippen molar-refractivity contribution in [1.29, 1.82) is 0 Å². The number of methoxy groups -OCH3 is 1. The van der Waals surface area contributed by atoms with Gasteiger partial charge in [-0.05, 0) is 18.2 Å². The van der Waals surface area contributed by atoms with Crippen LogP contribution in [0.3, 0.4) is 0 Å². The Morgan fingerprint density at radius 3 is 2.95 bits per heavy atom. The van der Waals surface area contributed by atoms with Crippen LogP contribution in [-0.4, -0.2) is 27.8 Å². The number of carbonyl (C=O) groups excluding carboxylic acids is 1. The molecular formula is C12H15N5O2. The number of nitrogens with one attached hydrogen (secondary N) is 1. The van der Waals surface area contributed by atoms with E-state index >= 15 is 0 Å². The Kier molecular flexibility index (Phi) is 3.65. The Labute approximate surface area is 110 Å². The molecule has 1 aromatic carbocycles. The predicted octanol–water partition coefficient (Wildman–Crippen LogP) is 0.796. The molecule has 0 unspecified atom stereocenters. The molecule has 0 fully saturated rings. The summed E-state index contributed by atoms with van der Waals surface area (Å²) in [5.74, 6) is 0.365. The lowest BCUT2D eigenvalue weighted by Gasteiger charge is -2.10. The number of nitrogens with zero attached hydrogens (tertiary/aromatic N) is 3. The molecule has 0 saturated carbocycles. The number of rotatable bonds is 4. The van der Waals surface area contributed by atoms with E-state index in [0.29, 0.717) is 23.5 Å². The minimum atomic E-state index is -0.401. The SMILES string of the molecule is COC(=O)c1ccc(N)c(NCc2nncn2C)c1. The first-order chi connectivity index (χ1) is 9.11. The Balaban J connectivity index is 2.15. The van der Waals surface area contributed by atoms with Gasteiger partial charge in [-0.1, -0.05) is 0 Å². The second kappa shape index (κ2) is 5.38. The highest BCUT2D eigenvalue weighted by Crippen LogP contribution is 2.21. The van der Waals surface area contributed by atoms with E-state index < -0.39 is 5.97 Å². The van der Waals surface area contributed by atoms with Crippen LogP contribution in [0.25, 0.3) is 0 Å². The van der Waals surface area contributed by atoms with Crippen molar-refractivity contribution in [3.63, 3.8) is 0 Å². The number of anilines is 2. The molecule has 0 bridgehead atoms. The highest BCUT2D eigenvalue weighted by Gasteiger charge is 2.09. The van der Waals surface area contributed by atoms with Crippen molar-refractivity contribution in [2.45, 2.75) is 6.54 Å². The zero-order chi connectivity index (χ0) is 13.8. The summed E-state index contributed by atoms with van der Waals surface area (Å²) in [5.41, 5.74) is 7.50. The molecule has 2 aromatic rings. The molecule has 0 spiro atoms. The van der Waals surface area contributed by atoms with Crippen molar-refractivity contribution in [1.82, 2.24) is 14.8 Å². The van der Waals surface area contributed by atoms with Gasteiger partial charge in [-0.2, -0.15) is 0 Å². The summed E-state index contributed by atoms with van der Waals surface area (Å²) >= 11 is 0. The molecule has 1 aromatic heterocycles. The number of hydrogen-bond acceptors (Lipinski definition) is 6. The molecule has 7 heteroatoms. The van der Waals surface area contributed by atoms with Crippen LogP contribution in [0.5, 0.6) is 0 Å². The fourth-order valence-corrected chi connectivity index (χ4v) is 1.60. The maximum absolute atomic E-state index is 11.4. The van der Waals surface area contributed by atoms with E-state index in [1.807, 2.05) is 7.05 Å². The average molecular weight is 261 g/mol. The number of ether oxygens (including phenoxy) is 1. The summed E-state index contributed by atoms with van der Waals surface area (Å²) in [6.07, 6.45) is 1.62. The molecule has 7 nitrogen and oxygen atoms in total. The standard InChI is InChI=1S/C12H15N5O2/c1-17-7-15-16-11(17)6-14-10-5-8(12(18)19-2)3-4-9(10)13/h3-5,7,14H,6,13H2,1-2H3. The second-order valence-corrected chi connectivity index (χ2v) is 4.01. The first-order valence-corrected chi connectivity index (χ1v) is 5.66. The van der Waals surface area contributed by atoms with Gasteiger partial charge in [0, 0.05) is 7.05 Å². The average Bonchev–Trinajstić information content (AvgIpc) is 2.82. The molecule has 3 N–H and O–H groups in total. The third-order valence-corrected chi connectivity index (χ3v) is 2.72. The van der Waals surface area contributed by atoms with Crippen LogP contribution in [0, 0.1) is 0 Å². The molecule has 19 heavy (non-hydrogen) atoms. The summed E-state index contributed by atoms with van der Waals surface area (Å²) in [5, 5.41) is 10.9. The molecule has 0 aliphatic heterocycles. The molecule has 0 radical (unpaired) electrons. The lowest BCUT2D eigenvalue weighted by molar-refractivity contribution is 0.0601. The quantitative estimate of drug-likeness (QED) is 0.624. The number of esters is 1. The fourth-order valence-electron chi connectivity index (χ4n) is 1.60. The predicted molar refractivity (Wildman–Crippen MR) is 70.5 cm³/mol. The van der Waals surface area contributed by atoms with Crippen LogP contribution in [0.2, 0.25) is 0 Å². The normalized spacial score (nSPS) is 10.2. The number of aryl methyl sites for hydroxylation is 1. The van der Waals surface area contributed by atoms with Crippen molar-refractivity contribution in [3.8, 4) is 0 Å². The first-order valence-electron chi connectivity index (χ1n) is 5.66.